The average molecular weight is 508 g/mol. The zero-order chi connectivity index (χ0) is 25.4. The van der Waals surface area contributed by atoms with Crippen LogP contribution in [0.15, 0.2) is 53.7 Å². The Labute approximate surface area is 213 Å². The van der Waals surface area contributed by atoms with Crippen LogP contribution in [0.2, 0.25) is 0 Å². The Morgan fingerprint density at radius 2 is 1.67 bits per heavy atom. The van der Waals surface area contributed by atoms with Crippen molar-refractivity contribution in [2.24, 2.45) is 0 Å². The lowest BCUT2D eigenvalue weighted by Gasteiger charge is -2.36. The number of hydrogen-bond donors (Lipinski definition) is 0. The number of fused-ring (bicyclic) bond motifs is 1. The van der Waals surface area contributed by atoms with Crippen molar-refractivity contribution in [1.29, 1.82) is 0 Å². The number of aryl methyl sites for hydroxylation is 2. The second kappa shape index (κ2) is 9.71. The van der Waals surface area contributed by atoms with Gasteiger partial charge in [0.15, 0.2) is 0 Å². The highest BCUT2D eigenvalue weighted by atomic mass is 32.2. The number of rotatable bonds is 5. The molecule has 0 saturated carbocycles. The quantitative estimate of drug-likeness (QED) is 0.530. The summed E-state index contributed by atoms with van der Waals surface area (Å²) in [6.07, 6.45) is 2.34. The summed E-state index contributed by atoms with van der Waals surface area (Å²) < 4.78 is 30.5. The first-order valence-electron chi connectivity index (χ1n) is 12.5. The number of benzene rings is 2. The molecule has 36 heavy (non-hydrogen) atoms. The molecule has 0 bridgehead atoms. The lowest BCUT2D eigenvalue weighted by molar-refractivity contribution is 0.0730. The molecule has 3 aromatic rings. The predicted molar refractivity (Wildman–Crippen MR) is 140 cm³/mol. The smallest absolute Gasteiger partial charge is 0.263 e. The third kappa shape index (κ3) is 4.41. The van der Waals surface area contributed by atoms with Crippen molar-refractivity contribution in [2.75, 3.05) is 37.6 Å². The van der Waals surface area contributed by atoms with Crippen LogP contribution in [0.5, 0.6) is 0 Å². The number of aromatic nitrogens is 2. The molecule has 0 spiro atoms. The summed E-state index contributed by atoms with van der Waals surface area (Å²) >= 11 is 0. The van der Waals surface area contributed by atoms with Crippen molar-refractivity contribution >= 4 is 21.6 Å². The van der Waals surface area contributed by atoms with E-state index in [2.05, 4.69) is 42.0 Å². The van der Waals surface area contributed by atoms with Gasteiger partial charge in [-0.1, -0.05) is 36.4 Å². The maximum Gasteiger partial charge on any atom is 0.263 e. The maximum absolute atomic E-state index is 13.7. The molecule has 1 saturated heterocycles. The van der Waals surface area contributed by atoms with Gasteiger partial charge < -0.3 is 9.80 Å². The van der Waals surface area contributed by atoms with Gasteiger partial charge in [-0.05, 0) is 55.5 Å². The third-order valence-corrected chi connectivity index (χ3v) is 9.27. The zero-order valence-corrected chi connectivity index (χ0v) is 22.0. The Balaban J connectivity index is 1.37. The number of hydrogen-bond acceptors (Lipinski definition) is 5. The first-order chi connectivity index (χ1) is 17.3. The molecule has 5 rings (SSSR count). The molecule has 2 aromatic carbocycles. The Bertz CT molecular complexity index is 1390. The average Bonchev–Trinajstić information content (AvgIpc) is 3.35. The van der Waals surface area contributed by atoms with Gasteiger partial charge in [0.1, 0.15) is 0 Å². The van der Waals surface area contributed by atoms with E-state index in [0.717, 1.165) is 17.7 Å². The second-order valence-electron chi connectivity index (χ2n) is 9.56. The fraction of sp³-hybridized carbons (Fsp3) is 0.407. The van der Waals surface area contributed by atoms with Gasteiger partial charge in [-0.3, -0.25) is 9.48 Å². The van der Waals surface area contributed by atoms with Gasteiger partial charge in [0, 0.05) is 57.7 Å². The molecule has 1 aromatic heterocycles. The molecule has 8 nitrogen and oxygen atoms in total. The topological polar surface area (TPSA) is 78.8 Å². The highest BCUT2D eigenvalue weighted by molar-refractivity contribution is 7.89. The van der Waals surface area contributed by atoms with Gasteiger partial charge in [0.05, 0.1) is 5.56 Å². The molecule has 3 heterocycles. The minimum Gasteiger partial charge on any atom is -0.369 e. The van der Waals surface area contributed by atoms with Crippen molar-refractivity contribution in [1.82, 2.24) is 19.0 Å². The lowest BCUT2D eigenvalue weighted by atomic mass is 9.99. The molecule has 1 amide bonds. The van der Waals surface area contributed by atoms with E-state index in [4.69, 9.17) is 0 Å². The fourth-order valence-electron chi connectivity index (χ4n) is 5.11. The van der Waals surface area contributed by atoms with Gasteiger partial charge in [0.25, 0.3) is 15.9 Å². The molecular formula is C27H33N5O3S. The van der Waals surface area contributed by atoms with E-state index in [-0.39, 0.29) is 16.5 Å². The second-order valence-corrected chi connectivity index (χ2v) is 11.4. The van der Waals surface area contributed by atoms with E-state index in [1.165, 1.54) is 21.0 Å². The van der Waals surface area contributed by atoms with E-state index in [9.17, 15) is 13.2 Å². The molecule has 0 radical (unpaired) electrons. The molecule has 0 unspecified atom stereocenters. The normalized spacial score (nSPS) is 16.8. The molecule has 0 atom stereocenters. The van der Waals surface area contributed by atoms with E-state index in [1.807, 2.05) is 31.2 Å². The summed E-state index contributed by atoms with van der Waals surface area (Å²) in [6, 6.07) is 14.3. The number of anilines is 1. The van der Waals surface area contributed by atoms with Crippen LogP contribution in [-0.4, -0.2) is 66.0 Å². The molecule has 0 N–H and O–H groups in total. The summed E-state index contributed by atoms with van der Waals surface area (Å²) in [4.78, 5) is 17.5. The first kappa shape index (κ1) is 24.5. The van der Waals surface area contributed by atoms with Gasteiger partial charge in [-0.2, -0.15) is 9.40 Å². The predicted octanol–water partition coefficient (Wildman–Crippen LogP) is 3.23. The van der Waals surface area contributed by atoms with Crippen molar-refractivity contribution in [2.45, 2.75) is 45.3 Å². The van der Waals surface area contributed by atoms with Crippen LogP contribution in [0, 0.1) is 13.8 Å². The number of carbonyl (C=O) groups excluding carboxylic acids is 1. The minimum atomic E-state index is -3.92. The van der Waals surface area contributed by atoms with Gasteiger partial charge in [-0.25, -0.2) is 8.42 Å². The summed E-state index contributed by atoms with van der Waals surface area (Å²) in [5, 5.41) is 4.23. The van der Waals surface area contributed by atoms with Crippen LogP contribution in [0.3, 0.4) is 0 Å². The monoisotopic (exact) mass is 507 g/mol. The Hall–Kier alpha value is -3.17. The van der Waals surface area contributed by atoms with Crippen molar-refractivity contribution in [3.8, 4) is 0 Å². The molecule has 2 aliphatic rings. The molecule has 0 aliphatic carbocycles. The fourth-order valence-corrected chi connectivity index (χ4v) is 6.63. The maximum atomic E-state index is 13.7. The van der Waals surface area contributed by atoms with Crippen molar-refractivity contribution in [3.63, 3.8) is 0 Å². The van der Waals surface area contributed by atoms with Crippen LogP contribution >= 0.6 is 0 Å². The van der Waals surface area contributed by atoms with E-state index >= 15 is 0 Å². The van der Waals surface area contributed by atoms with Crippen molar-refractivity contribution < 1.29 is 13.2 Å². The molecule has 1 fully saturated rings. The lowest BCUT2D eigenvalue weighted by Crippen LogP contribution is -2.49. The molecular weight excluding hydrogens is 474 g/mol. The highest BCUT2D eigenvalue weighted by Gasteiger charge is 2.36. The summed E-state index contributed by atoms with van der Waals surface area (Å²) in [6.45, 7) is 9.45. The van der Waals surface area contributed by atoms with E-state index < -0.39 is 10.0 Å². The van der Waals surface area contributed by atoms with Gasteiger partial charge in [0.2, 0.25) is 5.03 Å². The minimum absolute atomic E-state index is 0.131. The Morgan fingerprint density at radius 3 is 2.39 bits per heavy atom. The van der Waals surface area contributed by atoms with Crippen LogP contribution in [0.25, 0.3) is 0 Å². The number of amides is 1. The van der Waals surface area contributed by atoms with E-state index in [0.29, 0.717) is 45.8 Å². The van der Waals surface area contributed by atoms with Gasteiger partial charge >= 0.3 is 0 Å². The van der Waals surface area contributed by atoms with Crippen LogP contribution in [-0.2, 0) is 29.5 Å². The number of sulfonamides is 1. The number of nitrogens with zero attached hydrogens (tertiary/aromatic N) is 5. The standard InChI is InChI=1S/C27H33N5O3S/c1-4-31-19-24(27(33)30-13-12-22-9-5-6-10-23(22)18-30)26(28-31)36(34,35)32-16-14-29(15-17-32)25-11-7-8-20(2)21(25)3/h5-11,19H,4,12-18H2,1-3H3. The Morgan fingerprint density at radius 1 is 0.944 bits per heavy atom. The van der Waals surface area contributed by atoms with Gasteiger partial charge in [-0.15, -0.1) is 0 Å². The summed E-state index contributed by atoms with van der Waals surface area (Å²) in [7, 11) is -3.92. The molecule has 190 valence electrons. The largest absolute Gasteiger partial charge is 0.369 e. The van der Waals surface area contributed by atoms with E-state index in [1.54, 1.807) is 15.8 Å². The summed E-state index contributed by atoms with van der Waals surface area (Å²) in [5.74, 6) is -0.281. The SMILES string of the molecule is CCn1cc(C(=O)N2CCc3ccccc3C2)c(S(=O)(=O)N2CCN(c3cccc(C)c3C)CC2)n1. The first-order valence-corrected chi connectivity index (χ1v) is 14.0. The van der Waals surface area contributed by atoms with Crippen molar-refractivity contribution in [3.05, 3.63) is 76.5 Å². The van der Waals surface area contributed by atoms with Crippen LogP contribution < -0.4 is 4.90 Å². The zero-order valence-electron chi connectivity index (χ0n) is 21.1. The third-order valence-electron chi connectivity index (χ3n) is 7.44. The molecule has 9 heteroatoms. The Kier molecular flexibility index (Phi) is 6.61. The molecule has 2 aliphatic heterocycles. The number of carbonyl (C=O) groups is 1. The summed E-state index contributed by atoms with van der Waals surface area (Å²) in [5.41, 5.74) is 6.08. The van der Waals surface area contributed by atoms with Crippen LogP contribution in [0.4, 0.5) is 5.69 Å². The number of piperazine rings is 1. The highest BCUT2D eigenvalue weighted by Crippen LogP contribution is 2.28. The van der Waals surface area contributed by atoms with Crippen LogP contribution in [0.1, 0.15) is 39.5 Å².